The highest BCUT2D eigenvalue weighted by Gasteiger charge is 2.31. The number of fused-ring (bicyclic) bond motifs is 2. The number of carbonyl (C=O) groups is 1. The topological polar surface area (TPSA) is 68.2 Å². The standard InChI is InChI=1S/C26H27NO5/c1-16-13-27(14-17(2)32-16)25(29)12-21(19-8-10-23-24(11-19)31-15-30-23)26-20-6-4-3-5-18(20)7-9-22(26)28/h3-11,16-17,21,28H,12-15H2,1-2H3. The number of morpholine rings is 1. The Morgan fingerprint density at radius 2 is 1.78 bits per heavy atom. The van der Waals surface area contributed by atoms with Crippen LogP contribution in [-0.2, 0) is 9.53 Å². The first-order valence-electron chi connectivity index (χ1n) is 11.0. The summed E-state index contributed by atoms with van der Waals surface area (Å²) in [5, 5.41) is 12.9. The van der Waals surface area contributed by atoms with Gasteiger partial charge in [-0.1, -0.05) is 36.4 Å². The van der Waals surface area contributed by atoms with Crippen LogP contribution in [0.2, 0.25) is 0 Å². The fraction of sp³-hybridized carbons (Fsp3) is 0.346. The minimum atomic E-state index is -0.337. The van der Waals surface area contributed by atoms with Crippen LogP contribution in [0.4, 0.5) is 0 Å². The quantitative estimate of drug-likeness (QED) is 0.659. The van der Waals surface area contributed by atoms with Crippen molar-refractivity contribution in [3.8, 4) is 17.2 Å². The number of phenolic OH excluding ortho intramolecular Hbond substituents is 1. The van der Waals surface area contributed by atoms with Crippen LogP contribution >= 0.6 is 0 Å². The van der Waals surface area contributed by atoms with Gasteiger partial charge in [0.15, 0.2) is 11.5 Å². The largest absolute Gasteiger partial charge is 0.508 e. The Kier molecular flexibility index (Phi) is 5.39. The molecule has 0 spiro atoms. The molecule has 0 bridgehead atoms. The molecule has 2 heterocycles. The number of aromatic hydroxyl groups is 1. The minimum Gasteiger partial charge on any atom is -0.508 e. The molecular weight excluding hydrogens is 406 g/mol. The van der Waals surface area contributed by atoms with Crippen molar-refractivity contribution in [2.45, 2.75) is 38.4 Å². The van der Waals surface area contributed by atoms with E-state index in [9.17, 15) is 9.90 Å². The molecule has 0 radical (unpaired) electrons. The number of benzene rings is 3. The highest BCUT2D eigenvalue weighted by molar-refractivity contribution is 5.90. The first-order valence-corrected chi connectivity index (χ1v) is 11.0. The zero-order valence-corrected chi connectivity index (χ0v) is 18.3. The Morgan fingerprint density at radius 1 is 1.03 bits per heavy atom. The molecule has 166 valence electrons. The van der Waals surface area contributed by atoms with Gasteiger partial charge >= 0.3 is 0 Å². The third-order valence-electron chi connectivity index (χ3n) is 6.25. The van der Waals surface area contributed by atoms with E-state index in [1.54, 1.807) is 6.07 Å². The summed E-state index contributed by atoms with van der Waals surface area (Å²) in [5.41, 5.74) is 1.66. The Hall–Kier alpha value is -3.25. The van der Waals surface area contributed by atoms with Crippen LogP contribution in [-0.4, -0.2) is 48.0 Å². The van der Waals surface area contributed by atoms with Crippen molar-refractivity contribution < 1.29 is 24.1 Å². The van der Waals surface area contributed by atoms with Crippen LogP contribution in [0.1, 0.15) is 37.3 Å². The van der Waals surface area contributed by atoms with Crippen LogP contribution in [0.5, 0.6) is 17.2 Å². The van der Waals surface area contributed by atoms with Crippen LogP contribution < -0.4 is 9.47 Å². The average molecular weight is 434 g/mol. The van der Waals surface area contributed by atoms with Gasteiger partial charge in [0.1, 0.15) is 5.75 Å². The first kappa shape index (κ1) is 20.6. The summed E-state index contributed by atoms with van der Waals surface area (Å²) < 4.78 is 16.9. The van der Waals surface area contributed by atoms with Crippen molar-refractivity contribution in [1.82, 2.24) is 4.90 Å². The molecule has 32 heavy (non-hydrogen) atoms. The lowest BCUT2D eigenvalue weighted by Crippen LogP contribution is -2.48. The monoisotopic (exact) mass is 433 g/mol. The van der Waals surface area contributed by atoms with Crippen molar-refractivity contribution >= 4 is 16.7 Å². The van der Waals surface area contributed by atoms with Crippen LogP contribution in [0.15, 0.2) is 54.6 Å². The molecule has 3 aromatic carbocycles. The van der Waals surface area contributed by atoms with Crippen molar-refractivity contribution in [2.75, 3.05) is 19.9 Å². The highest BCUT2D eigenvalue weighted by atomic mass is 16.7. The van der Waals surface area contributed by atoms with Crippen LogP contribution in [0.25, 0.3) is 10.8 Å². The van der Waals surface area contributed by atoms with Crippen LogP contribution in [0.3, 0.4) is 0 Å². The van der Waals surface area contributed by atoms with E-state index in [1.807, 2.05) is 67.3 Å². The fourth-order valence-electron chi connectivity index (χ4n) is 4.85. The molecule has 0 aliphatic carbocycles. The van der Waals surface area contributed by atoms with E-state index in [0.717, 1.165) is 21.9 Å². The number of rotatable bonds is 4. The second-order valence-corrected chi connectivity index (χ2v) is 8.64. The second-order valence-electron chi connectivity index (χ2n) is 8.64. The Balaban J connectivity index is 1.58. The molecule has 3 unspecified atom stereocenters. The average Bonchev–Trinajstić information content (AvgIpc) is 3.25. The predicted molar refractivity (Wildman–Crippen MR) is 121 cm³/mol. The number of ether oxygens (including phenoxy) is 3. The van der Waals surface area contributed by atoms with Crippen molar-refractivity contribution in [1.29, 1.82) is 0 Å². The third-order valence-corrected chi connectivity index (χ3v) is 6.25. The summed E-state index contributed by atoms with van der Waals surface area (Å²) >= 11 is 0. The smallest absolute Gasteiger partial charge is 0.231 e. The van der Waals surface area contributed by atoms with E-state index in [-0.39, 0.29) is 43.0 Å². The highest BCUT2D eigenvalue weighted by Crippen LogP contribution is 2.42. The second kappa shape index (κ2) is 8.36. The zero-order chi connectivity index (χ0) is 22.2. The molecule has 6 heteroatoms. The lowest BCUT2D eigenvalue weighted by Gasteiger charge is -2.36. The number of phenols is 1. The maximum absolute atomic E-state index is 13.5. The normalized spacial score (nSPS) is 21.0. The number of nitrogens with zero attached hydrogens (tertiary/aromatic N) is 1. The molecule has 5 rings (SSSR count). The SMILES string of the molecule is CC1CN(C(=O)CC(c2ccc3c(c2)OCO3)c2c(O)ccc3ccccc23)CC(C)O1. The molecule has 1 N–H and O–H groups in total. The Labute approximate surface area is 187 Å². The molecule has 3 atom stereocenters. The maximum Gasteiger partial charge on any atom is 0.231 e. The van der Waals surface area contributed by atoms with Gasteiger partial charge in [-0.3, -0.25) is 4.79 Å². The maximum atomic E-state index is 13.5. The molecule has 3 aromatic rings. The van der Waals surface area contributed by atoms with Gasteiger partial charge in [-0.25, -0.2) is 0 Å². The zero-order valence-electron chi connectivity index (χ0n) is 18.3. The molecule has 1 amide bonds. The van der Waals surface area contributed by atoms with Crippen molar-refractivity contribution in [2.24, 2.45) is 0 Å². The Bertz CT molecular complexity index is 1150. The third kappa shape index (κ3) is 3.86. The summed E-state index contributed by atoms with van der Waals surface area (Å²) in [6, 6.07) is 17.3. The van der Waals surface area contributed by atoms with Gasteiger partial charge in [-0.05, 0) is 48.4 Å². The van der Waals surface area contributed by atoms with Crippen molar-refractivity contribution in [3.63, 3.8) is 0 Å². The summed E-state index contributed by atoms with van der Waals surface area (Å²) in [7, 11) is 0. The van der Waals surface area contributed by atoms with E-state index in [0.29, 0.717) is 24.6 Å². The molecule has 1 fully saturated rings. The van der Waals surface area contributed by atoms with Gasteiger partial charge in [0.2, 0.25) is 12.7 Å². The van der Waals surface area contributed by atoms with Gasteiger partial charge in [0.05, 0.1) is 12.2 Å². The van der Waals surface area contributed by atoms with E-state index >= 15 is 0 Å². The summed E-state index contributed by atoms with van der Waals surface area (Å²) in [5.74, 6) is 1.24. The molecule has 2 aliphatic rings. The number of amides is 1. The lowest BCUT2D eigenvalue weighted by atomic mass is 9.84. The predicted octanol–water partition coefficient (Wildman–Crippen LogP) is 4.43. The van der Waals surface area contributed by atoms with Crippen molar-refractivity contribution in [3.05, 3.63) is 65.7 Å². The van der Waals surface area contributed by atoms with Gasteiger partial charge in [-0.15, -0.1) is 0 Å². The van der Waals surface area contributed by atoms with Gasteiger partial charge in [0.25, 0.3) is 0 Å². The molecular formula is C26H27NO5. The number of hydrogen-bond donors (Lipinski definition) is 1. The Morgan fingerprint density at radius 3 is 2.59 bits per heavy atom. The number of hydrogen-bond acceptors (Lipinski definition) is 5. The van der Waals surface area contributed by atoms with E-state index in [2.05, 4.69) is 0 Å². The van der Waals surface area contributed by atoms with Gasteiger partial charge in [0, 0.05) is 31.0 Å². The summed E-state index contributed by atoms with van der Waals surface area (Å²) in [6.45, 7) is 5.30. The van der Waals surface area contributed by atoms with Crippen LogP contribution in [0, 0.1) is 0 Å². The molecule has 6 nitrogen and oxygen atoms in total. The lowest BCUT2D eigenvalue weighted by molar-refractivity contribution is -0.143. The molecule has 0 aromatic heterocycles. The number of carbonyl (C=O) groups excluding carboxylic acids is 1. The molecule has 1 saturated heterocycles. The molecule has 0 saturated carbocycles. The van der Waals surface area contributed by atoms with E-state index < -0.39 is 0 Å². The summed E-state index contributed by atoms with van der Waals surface area (Å²) in [6.07, 6.45) is 0.232. The summed E-state index contributed by atoms with van der Waals surface area (Å²) in [4.78, 5) is 15.3. The minimum absolute atomic E-state index is 0.00217. The first-order chi connectivity index (χ1) is 15.5. The molecule has 2 aliphatic heterocycles. The van der Waals surface area contributed by atoms with Gasteiger partial charge < -0.3 is 24.2 Å². The van der Waals surface area contributed by atoms with Gasteiger partial charge in [-0.2, -0.15) is 0 Å². The van der Waals surface area contributed by atoms with E-state index in [4.69, 9.17) is 14.2 Å². The van der Waals surface area contributed by atoms with E-state index in [1.165, 1.54) is 0 Å². The fourth-order valence-corrected chi connectivity index (χ4v) is 4.85.